The van der Waals surface area contributed by atoms with Gasteiger partial charge in [-0.15, -0.1) is 0 Å². The van der Waals surface area contributed by atoms with Crippen molar-refractivity contribution in [3.63, 3.8) is 0 Å². The zero-order valence-electron chi connectivity index (χ0n) is 17.7. The van der Waals surface area contributed by atoms with Crippen LogP contribution in [0, 0.1) is 6.92 Å². The Bertz CT molecular complexity index is 1070. The van der Waals surface area contributed by atoms with Crippen molar-refractivity contribution in [2.45, 2.75) is 39.3 Å². The lowest BCUT2D eigenvalue weighted by Crippen LogP contribution is -2.47. The van der Waals surface area contributed by atoms with Gasteiger partial charge < -0.3 is 10.2 Å². The van der Waals surface area contributed by atoms with E-state index in [2.05, 4.69) is 5.32 Å². The van der Waals surface area contributed by atoms with Gasteiger partial charge in [0, 0.05) is 18.2 Å². The zero-order valence-corrected chi connectivity index (χ0v) is 17.7. The number of imide groups is 1. The summed E-state index contributed by atoms with van der Waals surface area (Å²) >= 11 is 0. The van der Waals surface area contributed by atoms with Gasteiger partial charge in [-0.3, -0.25) is 24.2 Å². The molecule has 2 aromatic carbocycles. The third kappa shape index (κ3) is 3.65. The molecule has 0 radical (unpaired) electrons. The first-order chi connectivity index (χ1) is 14.8. The van der Waals surface area contributed by atoms with Gasteiger partial charge in [-0.2, -0.15) is 0 Å². The summed E-state index contributed by atoms with van der Waals surface area (Å²) in [6.07, 6.45) is 0.119. The van der Waals surface area contributed by atoms with E-state index in [-0.39, 0.29) is 12.3 Å². The number of urea groups is 1. The first kappa shape index (κ1) is 20.6. The highest BCUT2D eigenvalue weighted by Gasteiger charge is 2.45. The van der Waals surface area contributed by atoms with Gasteiger partial charge in [0.15, 0.2) is 0 Å². The van der Waals surface area contributed by atoms with Crippen molar-refractivity contribution in [2.24, 2.45) is 0 Å². The largest absolute Gasteiger partial charge is 0.332 e. The molecular weight excluding hydrogens is 396 g/mol. The zero-order chi connectivity index (χ0) is 22.3. The van der Waals surface area contributed by atoms with E-state index in [4.69, 9.17) is 0 Å². The van der Waals surface area contributed by atoms with Crippen LogP contribution in [0.2, 0.25) is 0 Å². The number of anilines is 3. The summed E-state index contributed by atoms with van der Waals surface area (Å²) in [5, 5.41) is 2.80. The molecule has 31 heavy (non-hydrogen) atoms. The lowest BCUT2D eigenvalue weighted by atomic mass is 10.1. The van der Waals surface area contributed by atoms with Crippen molar-refractivity contribution in [1.82, 2.24) is 4.90 Å². The molecule has 0 aromatic heterocycles. The van der Waals surface area contributed by atoms with E-state index < -0.39 is 36.5 Å². The van der Waals surface area contributed by atoms with Crippen molar-refractivity contribution in [3.05, 3.63) is 54.1 Å². The van der Waals surface area contributed by atoms with E-state index in [0.29, 0.717) is 17.1 Å². The molecular formula is C23H24N4O4. The van der Waals surface area contributed by atoms with Crippen LogP contribution in [0.4, 0.5) is 21.9 Å². The van der Waals surface area contributed by atoms with Crippen LogP contribution in [-0.4, -0.2) is 47.3 Å². The van der Waals surface area contributed by atoms with Crippen LogP contribution in [0.5, 0.6) is 0 Å². The average Bonchev–Trinajstić information content (AvgIpc) is 2.85. The summed E-state index contributed by atoms with van der Waals surface area (Å²) in [4.78, 5) is 55.3. The number of amides is 5. The maximum absolute atomic E-state index is 13.3. The molecule has 2 heterocycles. The standard InChI is InChI=1S/C23H24N4O4/c1-14-8-10-17(11-9-14)27-16(3)22(30)25(23(27)31)13-21(29)26-15(2)12-20(28)24-18-6-4-5-7-19(18)26/h4-11,15-16H,12-13H2,1-3H3,(H,24,28)/t15-,16+/m0/s1. The first-order valence-corrected chi connectivity index (χ1v) is 10.2. The number of fused-ring (bicyclic) bond motifs is 1. The fourth-order valence-electron chi connectivity index (χ4n) is 4.09. The number of nitrogens with one attached hydrogen (secondary N) is 1. The summed E-state index contributed by atoms with van der Waals surface area (Å²) in [5.41, 5.74) is 2.72. The molecule has 8 heteroatoms. The fourth-order valence-corrected chi connectivity index (χ4v) is 4.09. The topological polar surface area (TPSA) is 90.0 Å². The van der Waals surface area contributed by atoms with E-state index in [1.807, 2.05) is 19.1 Å². The Labute approximate surface area is 180 Å². The lowest BCUT2D eigenvalue weighted by Gasteiger charge is -2.29. The molecule has 0 unspecified atom stereocenters. The Morgan fingerprint density at radius 1 is 1.03 bits per heavy atom. The molecule has 0 spiro atoms. The highest BCUT2D eigenvalue weighted by atomic mass is 16.2. The predicted octanol–water partition coefficient (Wildman–Crippen LogP) is 2.92. The Hall–Kier alpha value is -3.68. The second kappa shape index (κ2) is 7.86. The predicted molar refractivity (Wildman–Crippen MR) is 117 cm³/mol. The SMILES string of the molecule is Cc1ccc(N2C(=O)N(CC(=O)N3c4ccccc4NC(=O)C[C@@H]3C)C(=O)[C@H]2C)cc1. The molecule has 1 N–H and O–H groups in total. The average molecular weight is 420 g/mol. The minimum atomic E-state index is -0.708. The number of carbonyl (C=O) groups is 4. The van der Waals surface area contributed by atoms with Gasteiger partial charge in [0.1, 0.15) is 12.6 Å². The van der Waals surface area contributed by atoms with Crippen LogP contribution in [0.1, 0.15) is 25.8 Å². The van der Waals surface area contributed by atoms with Crippen LogP contribution < -0.4 is 15.1 Å². The third-order valence-corrected chi connectivity index (χ3v) is 5.68. The number of para-hydroxylation sites is 2. The second-order valence-corrected chi connectivity index (χ2v) is 7.97. The molecule has 2 aromatic rings. The Morgan fingerprint density at radius 2 is 1.71 bits per heavy atom. The van der Waals surface area contributed by atoms with E-state index in [1.54, 1.807) is 50.2 Å². The summed E-state index contributed by atoms with van der Waals surface area (Å²) < 4.78 is 0. The molecule has 2 aliphatic rings. The maximum atomic E-state index is 13.3. The summed E-state index contributed by atoms with van der Waals surface area (Å²) in [6.45, 7) is 4.97. The van der Waals surface area contributed by atoms with Crippen LogP contribution in [-0.2, 0) is 14.4 Å². The highest BCUT2D eigenvalue weighted by molar-refractivity contribution is 6.16. The molecule has 0 saturated carbocycles. The molecule has 2 aliphatic heterocycles. The van der Waals surface area contributed by atoms with Crippen molar-refractivity contribution in [2.75, 3.05) is 21.7 Å². The Morgan fingerprint density at radius 3 is 2.42 bits per heavy atom. The minimum Gasteiger partial charge on any atom is -0.324 e. The van der Waals surface area contributed by atoms with E-state index >= 15 is 0 Å². The lowest BCUT2D eigenvalue weighted by molar-refractivity contribution is -0.131. The molecule has 2 atom stereocenters. The van der Waals surface area contributed by atoms with Gasteiger partial charge in [-0.25, -0.2) is 4.79 Å². The van der Waals surface area contributed by atoms with Crippen molar-refractivity contribution in [3.8, 4) is 0 Å². The van der Waals surface area contributed by atoms with E-state index in [9.17, 15) is 19.2 Å². The summed E-state index contributed by atoms with van der Waals surface area (Å²) in [7, 11) is 0. The van der Waals surface area contributed by atoms with Gasteiger partial charge in [0.25, 0.3) is 5.91 Å². The molecule has 8 nitrogen and oxygen atoms in total. The van der Waals surface area contributed by atoms with Crippen molar-refractivity contribution < 1.29 is 19.2 Å². The summed E-state index contributed by atoms with van der Waals surface area (Å²) in [6, 6.07) is 12.7. The number of aryl methyl sites for hydroxylation is 1. The second-order valence-electron chi connectivity index (χ2n) is 7.97. The molecule has 5 amide bonds. The highest BCUT2D eigenvalue weighted by Crippen LogP contribution is 2.32. The molecule has 0 bridgehead atoms. The Kier molecular flexibility index (Phi) is 5.22. The maximum Gasteiger partial charge on any atom is 0.332 e. The van der Waals surface area contributed by atoms with Crippen molar-refractivity contribution in [1.29, 1.82) is 0 Å². The summed E-state index contributed by atoms with van der Waals surface area (Å²) in [5.74, 6) is -1.04. The first-order valence-electron chi connectivity index (χ1n) is 10.2. The van der Waals surface area contributed by atoms with Gasteiger partial charge in [0.2, 0.25) is 11.8 Å². The van der Waals surface area contributed by atoms with E-state index in [0.717, 1.165) is 10.5 Å². The normalized spacial score (nSPS) is 21.1. The van der Waals surface area contributed by atoms with Crippen LogP contribution in [0.25, 0.3) is 0 Å². The number of nitrogens with zero attached hydrogens (tertiary/aromatic N) is 3. The molecule has 1 fully saturated rings. The minimum absolute atomic E-state index is 0.119. The molecule has 4 rings (SSSR count). The number of benzene rings is 2. The van der Waals surface area contributed by atoms with Crippen LogP contribution in [0.15, 0.2) is 48.5 Å². The third-order valence-electron chi connectivity index (χ3n) is 5.68. The molecule has 0 aliphatic carbocycles. The van der Waals surface area contributed by atoms with Crippen LogP contribution >= 0.6 is 0 Å². The van der Waals surface area contributed by atoms with Gasteiger partial charge >= 0.3 is 6.03 Å². The van der Waals surface area contributed by atoms with Gasteiger partial charge in [-0.1, -0.05) is 29.8 Å². The van der Waals surface area contributed by atoms with Gasteiger partial charge in [0.05, 0.1) is 11.4 Å². The number of rotatable bonds is 3. The molecule has 1 saturated heterocycles. The number of carbonyl (C=O) groups excluding carboxylic acids is 4. The fraction of sp³-hybridized carbons (Fsp3) is 0.304. The van der Waals surface area contributed by atoms with Crippen molar-refractivity contribution >= 4 is 40.8 Å². The number of hydrogen-bond acceptors (Lipinski definition) is 4. The van der Waals surface area contributed by atoms with Gasteiger partial charge in [-0.05, 0) is 45.0 Å². The Balaban J connectivity index is 1.61. The smallest absolute Gasteiger partial charge is 0.324 e. The van der Waals surface area contributed by atoms with E-state index in [1.165, 1.54) is 9.80 Å². The molecule has 160 valence electrons. The quantitative estimate of drug-likeness (QED) is 0.773. The monoisotopic (exact) mass is 420 g/mol. The number of hydrogen-bond donors (Lipinski definition) is 1. The van der Waals surface area contributed by atoms with Crippen LogP contribution in [0.3, 0.4) is 0 Å².